The van der Waals surface area contributed by atoms with E-state index in [0.29, 0.717) is 24.0 Å². The van der Waals surface area contributed by atoms with Gasteiger partial charge in [-0.2, -0.15) is 0 Å². The van der Waals surface area contributed by atoms with Gasteiger partial charge in [0.25, 0.3) is 5.79 Å². The Morgan fingerprint density at radius 1 is 1.29 bits per heavy atom. The van der Waals surface area contributed by atoms with Gasteiger partial charge in [0.15, 0.2) is 5.57 Å². The van der Waals surface area contributed by atoms with E-state index >= 15 is 0 Å². The Hall–Kier alpha value is -2.57. The summed E-state index contributed by atoms with van der Waals surface area (Å²) in [5, 5.41) is 2.73. The molecular formula is C17H18FNO5. The standard InChI is InChI=1S/C17H18FNO5/c1-17(2)23-15(20)12(16(21)24-17)8-19-13-7-11(18)5-6-14(13)22-9-10-3-4-10/h5-8,10,19H,3-4,9H2,1-2H3. The first kappa shape index (κ1) is 16.3. The molecule has 0 bridgehead atoms. The largest absolute Gasteiger partial charge is 0.491 e. The molecule has 0 spiro atoms. The highest BCUT2D eigenvalue weighted by molar-refractivity contribution is 6.15. The second-order valence-corrected chi connectivity index (χ2v) is 6.28. The molecule has 1 aromatic carbocycles. The molecule has 1 heterocycles. The molecule has 2 aliphatic rings. The topological polar surface area (TPSA) is 73.9 Å². The Bertz CT molecular complexity index is 687. The van der Waals surface area contributed by atoms with E-state index < -0.39 is 23.5 Å². The number of carbonyl (C=O) groups is 2. The van der Waals surface area contributed by atoms with Crippen LogP contribution in [0.15, 0.2) is 30.0 Å². The van der Waals surface area contributed by atoms with Gasteiger partial charge in [-0.15, -0.1) is 0 Å². The molecule has 1 saturated heterocycles. The molecule has 1 aromatic rings. The zero-order valence-electron chi connectivity index (χ0n) is 13.4. The van der Waals surface area contributed by atoms with Crippen molar-refractivity contribution in [2.75, 3.05) is 11.9 Å². The Kier molecular flexibility index (Phi) is 4.17. The van der Waals surface area contributed by atoms with E-state index in [2.05, 4.69) is 5.32 Å². The molecule has 1 N–H and O–H groups in total. The van der Waals surface area contributed by atoms with E-state index in [0.717, 1.165) is 19.0 Å². The number of carbonyl (C=O) groups excluding carboxylic acids is 2. The number of anilines is 1. The van der Waals surface area contributed by atoms with Crippen molar-refractivity contribution < 1.29 is 28.2 Å². The quantitative estimate of drug-likeness (QED) is 0.507. The van der Waals surface area contributed by atoms with Gasteiger partial charge in [0.05, 0.1) is 12.3 Å². The Balaban J connectivity index is 1.76. The number of halogens is 1. The predicted molar refractivity (Wildman–Crippen MR) is 82.6 cm³/mol. The highest BCUT2D eigenvalue weighted by atomic mass is 19.1. The third-order valence-electron chi connectivity index (χ3n) is 3.60. The minimum atomic E-state index is -1.30. The summed E-state index contributed by atoms with van der Waals surface area (Å²) in [5.74, 6) is -2.40. The van der Waals surface area contributed by atoms with Gasteiger partial charge in [0.2, 0.25) is 0 Å². The molecule has 0 aromatic heterocycles. The molecule has 0 amide bonds. The van der Waals surface area contributed by atoms with E-state index in [-0.39, 0.29) is 5.57 Å². The van der Waals surface area contributed by atoms with E-state index in [1.807, 2.05) is 0 Å². The van der Waals surface area contributed by atoms with Crippen LogP contribution in [0.3, 0.4) is 0 Å². The zero-order chi connectivity index (χ0) is 17.3. The third kappa shape index (κ3) is 3.84. The van der Waals surface area contributed by atoms with Gasteiger partial charge in [-0.25, -0.2) is 14.0 Å². The van der Waals surface area contributed by atoms with Crippen LogP contribution in [0.5, 0.6) is 5.75 Å². The van der Waals surface area contributed by atoms with E-state index in [1.165, 1.54) is 32.0 Å². The molecule has 0 radical (unpaired) electrons. The van der Waals surface area contributed by atoms with Gasteiger partial charge in [0.1, 0.15) is 11.6 Å². The molecule has 128 valence electrons. The molecular weight excluding hydrogens is 317 g/mol. The average molecular weight is 335 g/mol. The van der Waals surface area contributed by atoms with Crippen LogP contribution in [0.2, 0.25) is 0 Å². The second-order valence-electron chi connectivity index (χ2n) is 6.28. The Labute approximate surface area is 138 Å². The van der Waals surface area contributed by atoms with Crippen LogP contribution in [0, 0.1) is 11.7 Å². The molecule has 1 aliphatic heterocycles. The second kappa shape index (κ2) is 6.14. The van der Waals surface area contributed by atoms with Crippen molar-refractivity contribution in [3.8, 4) is 5.75 Å². The first-order valence-corrected chi connectivity index (χ1v) is 7.70. The molecule has 3 rings (SSSR count). The summed E-state index contributed by atoms with van der Waals surface area (Å²) in [5.41, 5.74) is 0.0142. The number of nitrogens with one attached hydrogen (secondary N) is 1. The summed E-state index contributed by atoms with van der Waals surface area (Å²) < 4.78 is 29.1. The molecule has 1 saturated carbocycles. The Morgan fingerprint density at radius 3 is 2.58 bits per heavy atom. The van der Waals surface area contributed by atoms with Crippen LogP contribution < -0.4 is 10.1 Å². The maximum Gasteiger partial charge on any atom is 0.350 e. The van der Waals surface area contributed by atoms with Crippen molar-refractivity contribution in [2.45, 2.75) is 32.5 Å². The highest BCUT2D eigenvalue weighted by Gasteiger charge is 2.39. The summed E-state index contributed by atoms with van der Waals surface area (Å²) in [6, 6.07) is 4.01. The zero-order valence-corrected chi connectivity index (χ0v) is 13.4. The lowest BCUT2D eigenvalue weighted by molar-refractivity contribution is -0.222. The van der Waals surface area contributed by atoms with Crippen LogP contribution in [-0.4, -0.2) is 24.3 Å². The molecule has 0 atom stereocenters. The van der Waals surface area contributed by atoms with E-state index in [9.17, 15) is 14.0 Å². The summed E-state index contributed by atoms with van der Waals surface area (Å²) in [6.07, 6.45) is 3.39. The average Bonchev–Trinajstić information content (AvgIpc) is 3.28. The minimum absolute atomic E-state index is 0.299. The van der Waals surface area contributed by atoms with Crippen molar-refractivity contribution in [3.05, 3.63) is 35.8 Å². The van der Waals surface area contributed by atoms with Crippen LogP contribution in [-0.2, 0) is 19.1 Å². The molecule has 0 unspecified atom stereocenters. The number of hydrogen-bond acceptors (Lipinski definition) is 6. The maximum atomic E-state index is 13.5. The van der Waals surface area contributed by atoms with Gasteiger partial charge in [-0.05, 0) is 30.9 Å². The Morgan fingerprint density at radius 2 is 1.96 bits per heavy atom. The van der Waals surface area contributed by atoms with Crippen molar-refractivity contribution in [1.82, 2.24) is 0 Å². The lowest BCUT2D eigenvalue weighted by Crippen LogP contribution is -2.42. The van der Waals surface area contributed by atoms with Crippen LogP contribution in [0.4, 0.5) is 10.1 Å². The van der Waals surface area contributed by atoms with Crippen molar-refractivity contribution in [1.29, 1.82) is 0 Å². The molecule has 2 fully saturated rings. The fraction of sp³-hybridized carbons (Fsp3) is 0.412. The smallest absolute Gasteiger partial charge is 0.350 e. The lowest BCUT2D eigenvalue weighted by atomic mass is 10.2. The van der Waals surface area contributed by atoms with Crippen molar-refractivity contribution in [2.24, 2.45) is 5.92 Å². The highest BCUT2D eigenvalue weighted by Crippen LogP contribution is 2.32. The monoisotopic (exact) mass is 335 g/mol. The third-order valence-corrected chi connectivity index (χ3v) is 3.60. The summed E-state index contributed by atoms with van der Waals surface area (Å²) in [7, 11) is 0. The van der Waals surface area contributed by atoms with Gasteiger partial charge in [-0.3, -0.25) is 0 Å². The van der Waals surface area contributed by atoms with Gasteiger partial charge >= 0.3 is 11.9 Å². The fourth-order valence-corrected chi connectivity index (χ4v) is 2.16. The van der Waals surface area contributed by atoms with Crippen molar-refractivity contribution in [3.63, 3.8) is 0 Å². The number of ether oxygens (including phenoxy) is 3. The molecule has 6 nitrogen and oxygen atoms in total. The van der Waals surface area contributed by atoms with Crippen LogP contribution >= 0.6 is 0 Å². The number of benzene rings is 1. The molecule has 1 aliphatic carbocycles. The van der Waals surface area contributed by atoms with Crippen LogP contribution in [0.1, 0.15) is 26.7 Å². The first-order valence-electron chi connectivity index (χ1n) is 7.70. The maximum absolute atomic E-state index is 13.5. The fourth-order valence-electron chi connectivity index (χ4n) is 2.16. The molecule has 7 heteroatoms. The normalized spacial score (nSPS) is 19.4. The minimum Gasteiger partial charge on any atom is -0.491 e. The summed E-state index contributed by atoms with van der Waals surface area (Å²) >= 11 is 0. The van der Waals surface area contributed by atoms with Gasteiger partial charge < -0.3 is 19.5 Å². The van der Waals surface area contributed by atoms with Gasteiger partial charge in [-0.1, -0.05) is 0 Å². The number of cyclic esters (lactones) is 2. The number of hydrogen-bond donors (Lipinski definition) is 1. The van der Waals surface area contributed by atoms with E-state index in [4.69, 9.17) is 14.2 Å². The SMILES string of the molecule is CC1(C)OC(=O)C(=CNc2cc(F)ccc2OCC2CC2)C(=O)O1. The van der Waals surface area contributed by atoms with Crippen molar-refractivity contribution >= 4 is 17.6 Å². The van der Waals surface area contributed by atoms with E-state index in [1.54, 1.807) is 0 Å². The number of rotatable bonds is 5. The van der Waals surface area contributed by atoms with Gasteiger partial charge in [0, 0.05) is 26.1 Å². The molecule has 24 heavy (non-hydrogen) atoms. The number of esters is 2. The first-order chi connectivity index (χ1) is 11.3. The van der Waals surface area contributed by atoms with Crippen LogP contribution in [0.25, 0.3) is 0 Å². The summed E-state index contributed by atoms with van der Waals surface area (Å²) in [4.78, 5) is 23.8. The summed E-state index contributed by atoms with van der Waals surface area (Å²) in [6.45, 7) is 3.47. The predicted octanol–water partition coefficient (Wildman–Crippen LogP) is 2.75. The lowest BCUT2D eigenvalue weighted by Gasteiger charge is -2.29.